The lowest BCUT2D eigenvalue weighted by Gasteiger charge is -2.32. The van der Waals surface area contributed by atoms with E-state index < -0.39 is 0 Å². The fraction of sp³-hybridized carbons (Fsp3) is 0.300. The van der Waals surface area contributed by atoms with E-state index in [0.717, 1.165) is 17.1 Å². The Morgan fingerprint density at radius 3 is 3.27 bits per heavy atom. The largest absolute Gasteiger partial charge is 0.489 e. The first-order chi connectivity index (χ1) is 7.27. The molecule has 3 rings (SSSR count). The highest BCUT2D eigenvalue weighted by atomic mass is 16.5. The molecular formula is C10H11N3O2. The van der Waals surface area contributed by atoms with E-state index in [-0.39, 0.29) is 11.9 Å². The van der Waals surface area contributed by atoms with Crippen molar-refractivity contribution in [3.63, 3.8) is 0 Å². The second-order valence-corrected chi connectivity index (χ2v) is 3.69. The predicted octanol–water partition coefficient (Wildman–Crippen LogP) is 0.122. The van der Waals surface area contributed by atoms with Crippen molar-refractivity contribution in [3.8, 4) is 5.75 Å². The van der Waals surface area contributed by atoms with Crippen LogP contribution in [0.1, 0.15) is 0 Å². The van der Waals surface area contributed by atoms with Gasteiger partial charge in [-0.3, -0.25) is 4.79 Å². The number of anilines is 2. The molecule has 2 heterocycles. The Kier molecular flexibility index (Phi) is 1.56. The first-order valence-corrected chi connectivity index (χ1v) is 4.83. The first-order valence-electron chi connectivity index (χ1n) is 4.83. The van der Waals surface area contributed by atoms with E-state index in [2.05, 4.69) is 5.32 Å². The van der Waals surface area contributed by atoms with Crippen LogP contribution in [-0.2, 0) is 4.79 Å². The molecule has 0 spiro atoms. The zero-order chi connectivity index (χ0) is 10.4. The van der Waals surface area contributed by atoms with Gasteiger partial charge in [0.1, 0.15) is 24.1 Å². The van der Waals surface area contributed by atoms with Gasteiger partial charge in [0.05, 0.1) is 12.4 Å². The summed E-state index contributed by atoms with van der Waals surface area (Å²) in [6.45, 7) is 0.941. The van der Waals surface area contributed by atoms with Crippen molar-refractivity contribution in [1.82, 2.24) is 0 Å². The minimum Gasteiger partial charge on any atom is -0.489 e. The van der Waals surface area contributed by atoms with Crippen LogP contribution in [0.25, 0.3) is 0 Å². The maximum absolute atomic E-state index is 11.2. The summed E-state index contributed by atoms with van der Waals surface area (Å²) in [6.07, 6.45) is 0. The van der Waals surface area contributed by atoms with Gasteiger partial charge in [0.25, 0.3) is 0 Å². The van der Waals surface area contributed by atoms with E-state index in [1.807, 2.05) is 23.1 Å². The summed E-state index contributed by atoms with van der Waals surface area (Å²) in [5, 5.41) is 3.20. The van der Waals surface area contributed by atoms with Crippen LogP contribution in [-0.4, -0.2) is 25.2 Å². The number of carbonyl (C=O) groups is 1. The lowest BCUT2D eigenvalue weighted by atomic mass is 10.1. The van der Waals surface area contributed by atoms with Gasteiger partial charge in [-0.2, -0.15) is 0 Å². The van der Waals surface area contributed by atoms with Crippen molar-refractivity contribution in [3.05, 3.63) is 18.2 Å². The van der Waals surface area contributed by atoms with Gasteiger partial charge in [0.15, 0.2) is 0 Å². The maximum atomic E-state index is 11.2. The standard InChI is InChI=1S/C10H11N3O2/c11-10(14)7-4-15-8-3-1-2-6-9(8)13(7)5-12-6/h1-3,7,12H,4-5H2,(H2,11,14). The van der Waals surface area contributed by atoms with Crippen LogP contribution in [0.3, 0.4) is 0 Å². The highest BCUT2D eigenvalue weighted by Gasteiger charge is 2.36. The van der Waals surface area contributed by atoms with E-state index in [1.54, 1.807) is 0 Å². The third-order valence-corrected chi connectivity index (χ3v) is 2.83. The van der Waals surface area contributed by atoms with E-state index in [4.69, 9.17) is 10.5 Å². The number of nitrogens with two attached hydrogens (primary N) is 1. The molecule has 3 N–H and O–H groups in total. The number of hydrogen-bond donors (Lipinski definition) is 2. The molecule has 5 heteroatoms. The molecule has 5 nitrogen and oxygen atoms in total. The number of ether oxygens (including phenoxy) is 1. The fourth-order valence-corrected chi connectivity index (χ4v) is 2.09. The molecule has 0 radical (unpaired) electrons. The van der Waals surface area contributed by atoms with Gasteiger partial charge in [0.2, 0.25) is 5.91 Å². The SMILES string of the molecule is NC(=O)C1COc2cccc3c2N1CN3. The van der Waals surface area contributed by atoms with Crippen molar-refractivity contribution < 1.29 is 9.53 Å². The number of nitrogens with one attached hydrogen (secondary N) is 1. The number of para-hydroxylation sites is 1. The Hall–Kier alpha value is -1.91. The Bertz CT molecular complexity index is 433. The summed E-state index contributed by atoms with van der Waals surface area (Å²) in [4.78, 5) is 13.2. The minimum atomic E-state index is -0.367. The van der Waals surface area contributed by atoms with Gasteiger partial charge in [0, 0.05) is 0 Å². The normalized spacial score (nSPS) is 21.6. The number of benzene rings is 1. The summed E-state index contributed by atoms with van der Waals surface area (Å²) in [5.41, 5.74) is 7.28. The molecule has 0 aromatic heterocycles. The van der Waals surface area contributed by atoms with Gasteiger partial charge in [-0.05, 0) is 12.1 Å². The van der Waals surface area contributed by atoms with E-state index in [1.165, 1.54) is 0 Å². The van der Waals surface area contributed by atoms with E-state index in [9.17, 15) is 4.79 Å². The van der Waals surface area contributed by atoms with Crippen molar-refractivity contribution in [2.75, 3.05) is 23.5 Å². The number of hydrogen-bond acceptors (Lipinski definition) is 4. The lowest BCUT2D eigenvalue weighted by molar-refractivity contribution is -0.120. The van der Waals surface area contributed by atoms with Crippen LogP contribution in [0.15, 0.2) is 18.2 Å². The van der Waals surface area contributed by atoms with Gasteiger partial charge in [-0.25, -0.2) is 0 Å². The van der Waals surface area contributed by atoms with Crippen molar-refractivity contribution in [2.24, 2.45) is 5.73 Å². The highest BCUT2D eigenvalue weighted by Crippen LogP contribution is 2.43. The second-order valence-electron chi connectivity index (χ2n) is 3.69. The zero-order valence-corrected chi connectivity index (χ0v) is 8.06. The monoisotopic (exact) mass is 205 g/mol. The van der Waals surface area contributed by atoms with E-state index >= 15 is 0 Å². The number of primary amides is 1. The van der Waals surface area contributed by atoms with E-state index in [0.29, 0.717) is 13.3 Å². The average molecular weight is 205 g/mol. The zero-order valence-electron chi connectivity index (χ0n) is 8.06. The minimum absolute atomic E-state index is 0.327. The summed E-state index contributed by atoms with van der Waals surface area (Å²) in [5.74, 6) is 0.467. The summed E-state index contributed by atoms with van der Waals surface area (Å²) < 4.78 is 5.51. The van der Waals surface area contributed by atoms with Gasteiger partial charge in [-0.15, -0.1) is 0 Å². The molecule has 2 aliphatic heterocycles. The molecule has 1 aromatic rings. The Labute approximate surface area is 86.8 Å². The molecule has 15 heavy (non-hydrogen) atoms. The Morgan fingerprint density at radius 2 is 2.47 bits per heavy atom. The molecule has 0 saturated carbocycles. The summed E-state index contributed by atoms with van der Waals surface area (Å²) in [6, 6.07) is 5.42. The molecule has 0 saturated heterocycles. The van der Waals surface area contributed by atoms with Crippen LogP contribution in [0.4, 0.5) is 11.4 Å². The van der Waals surface area contributed by atoms with Crippen LogP contribution >= 0.6 is 0 Å². The van der Waals surface area contributed by atoms with Crippen LogP contribution < -0.4 is 20.7 Å². The average Bonchev–Trinajstić information content (AvgIpc) is 2.65. The number of nitrogens with zero attached hydrogens (tertiary/aromatic N) is 1. The first kappa shape index (κ1) is 8.40. The quantitative estimate of drug-likeness (QED) is 0.683. The van der Waals surface area contributed by atoms with Crippen molar-refractivity contribution >= 4 is 17.3 Å². The number of amides is 1. The molecule has 0 aliphatic carbocycles. The van der Waals surface area contributed by atoms with Gasteiger partial charge in [-0.1, -0.05) is 6.07 Å². The molecule has 0 fully saturated rings. The Balaban J connectivity index is 2.10. The molecule has 1 atom stereocenters. The third kappa shape index (κ3) is 1.06. The van der Waals surface area contributed by atoms with Crippen molar-refractivity contribution in [1.29, 1.82) is 0 Å². The number of carbonyl (C=O) groups excluding carboxylic acids is 1. The van der Waals surface area contributed by atoms with Crippen LogP contribution in [0, 0.1) is 0 Å². The smallest absolute Gasteiger partial charge is 0.243 e. The summed E-state index contributed by atoms with van der Waals surface area (Å²) >= 11 is 0. The molecule has 0 bridgehead atoms. The van der Waals surface area contributed by atoms with Gasteiger partial charge < -0.3 is 20.7 Å². The van der Waals surface area contributed by atoms with Gasteiger partial charge >= 0.3 is 0 Å². The molecule has 1 amide bonds. The topological polar surface area (TPSA) is 67.6 Å². The lowest BCUT2D eigenvalue weighted by Crippen LogP contribution is -2.50. The van der Waals surface area contributed by atoms with Crippen molar-refractivity contribution in [2.45, 2.75) is 6.04 Å². The summed E-state index contributed by atoms with van der Waals surface area (Å²) in [7, 11) is 0. The fourth-order valence-electron chi connectivity index (χ4n) is 2.09. The van der Waals surface area contributed by atoms with Crippen LogP contribution in [0.5, 0.6) is 5.75 Å². The predicted molar refractivity (Wildman–Crippen MR) is 55.9 cm³/mol. The Morgan fingerprint density at radius 1 is 1.60 bits per heavy atom. The number of rotatable bonds is 1. The molecule has 1 aromatic carbocycles. The molecule has 2 aliphatic rings. The van der Waals surface area contributed by atoms with Crippen LogP contribution in [0.2, 0.25) is 0 Å². The molecule has 78 valence electrons. The highest BCUT2D eigenvalue weighted by molar-refractivity contribution is 5.90. The second kappa shape index (κ2) is 2.79. The molecule has 1 unspecified atom stereocenters. The third-order valence-electron chi connectivity index (χ3n) is 2.83. The molecular weight excluding hydrogens is 194 g/mol. The maximum Gasteiger partial charge on any atom is 0.243 e.